The molecule has 7 heteroatoms. The molecule has 1 aliphatic rings. The van der Waals surface area contributed by atoms with Crippen molar-refractivity contribution in [2.75, 3.05) is 4.90 Å². The molecule has 0 radical (unpaired) electrons. The topological polar surface area (TPSA) is 52.0 Å². The van der Waals surface area contributed by atoms with Gasteiger partial charge in [0.05, 0.1) is 11.0 Å². The van der Waals surface area contributed by atoms with E-state index in [1.165, 1.54) is 22.2 Å². The van der Waals surface area contributed by atoms with E-state index in [-0.39, 0.29) is 6.98 Å². The molecular weight excluding hydrogens is 589 g/mol. The molecule has 4 heterocycles. The van der Waals surface area contributed by atoms with Gasteiger partial charge >= 0.3 is 6.98 Å². The maximum Gasteiger partial charge on any atom is 0.458 e. The van der Waals surface area contributed by atoms with Gasteiger partial charge in [-0.25, -0.2) is 0 Å². The van der Waals surface area contributed by atoms with E-state index in [2.05, 4.69) is 150 Å². The van der Waals surface area contributed by atoms with Crippen molar-refractivity contribution in [3.63, 3.8) is 0 Å². The quantitative estimate of drug-likeness (QED) is 0.185. The highest BCUT2D eigenvalue weighted by molar-refractivity contribution is 6.72. The highest BCUT2D eigenvalue weighted by Crippen LogP contribution is 2.46. The first-order valence-electron chi connectivity index (χ1n) is 16.4. The van der Waals surface area contributed by atoms with Crippen molar-refractivity contribution in [3.8, 4) is 11.1 Å². The minimum atomic E-state index is -0.253. The Labute approximate surface area is 277 Å². The van der Waals surface area contributed by atoms with Crippen LogP contribution in [0.5, 0.6) is 0 Å². The Kier molecular flexibility index (Phi) is 5.62. The molecule has 0 aliphatic carbocycles. The fourth-order valence-corrected chi connectivity index (χ4v) is 7.92. The summed E-state index contributed by atoms with van der Waals surface area (Å²) in [6.07, 6.45) is 0. The van der Waals surface area contributed by atoms with Crippen molar-refractivity contribution in [2.24, 2.45) is 0 Å². The second-order valence-electron chi connectivity index (χ2n) is 12.9. The van der Waals surface area contributed by atoms with E-state index in [9.17, 15) is 0 Å². The fourth-order valence-electron chi connectivity index (χ4n) is 7.92. The average Bonchev–Trinajstić information content (AvgIpc) is 3.79. The number of para-hydroxylation sites is 2. The molecule has 228 valence electrons. The molecule has 0 spiro atoms. The zero-order chi connectivity index (χ0) is 32.1. The SMILES string of the molecule is Cc1cc(C)c(B2n3nc4ccccc4c3N(c3ccc(-c4cccc5c4oc4ccccc45)cc3)c3c4ccccc4nn32)c(C)c1. The van der Waals surface area contributed by atoms with Gasteiger partial charge in [0.25, 0.3) is 0 Å². The average molecular weight is 620 g/mol. The van der Waals surface area contributed by atoms with E-state index in [0.29, 0.717) is 0 Å². The summed E-state index contributed by atoms with van der Waals surface area (Å²) < 4.78 is 10.8. The van der Waals surface area contributed by atoms with Crippen LogP contribution in [-0.4, -0.2) is 26.4 Å². The Hall–Kier alpha value is -6.08. The highest BCUT2D eigenvalue weighted by atomic mass is 16.3. The van der Waals surface area contributed by atoms with Crippen molar-refractivity contribution in [2.45, 2.75) is 20.8 Å². The van der Waals surface area contributed by atoms with Crippen LogP contribution in [0.15, 0.2) is 132 Å². The lowest BCUT2D eigenvalue weighted by Crippen LogP contribution is -2.53. The summed E-state index contributed by atoms with van der Waals surface area (Å²) in [4.78, 5) is 2.34. The molecule has 10 rings (SSSR count). The van der Waals surface area contributed by atoms with Crippen LogP contribution in [-0.2, 0) is 0 Å². The van der Waals surface area contributed by atoms with Crippen LogP contribution in [0.2, 0.25) is 0 Å². The zero-order valence-corrected chi connectivity index (χ0v) is 26.8. The number of anilines is 3. The molecule has 0 fully saturated rings. The molecular formula is C41H30BN5O. The molecule has 0 saturated heterocycles. The molecule has 6 nitrogen and oxygen atoms in total. The van der Waals surface area contributed by atoms with Gasteiger partial charge in [0.2, 0.25) is 0 Å². The van der Waals surface area contributed by atoms with Gasteiger partial charge < -0.3 is 4.42 Å². The molecule has 48 heavy (non-hydrogen) atoms. The lowest BCUT2D eigenvalue weighted by Gasteiger charge is -2.35. The van der Waals surface area contributed by atoms with Gasteiger partial charge in [0, 0.05) is 32.8 Å². The summed E-state index contributed by atoms with van der Waals surface area (Å²) >= 11 is 0. The lowest BCUT2D eigenvalue weighted by atomic mass is 9.63. The fraction of sp³-hybridized carbons (Fsp3) is 0.0732. The Balaban J connectivity index is 1.22. The van der Waals surface area contributed by atoms with Crippen LogP contribution in [0, 0.1) is 20.8 Å². The first kappa shape index (κ1) is 27.1. The number of aryl methyl sites for hydroxylation is 3. The van der Waals surface area contributed by atoms with Crippen LogP contribution in [0.4, 0.5) is 17.3 Å². The third-order valence-corrected chi connectivity index (χ3v) is 9.88. The summed E-state index contributed by atoms with van der Waals surface area (Å²) in [5, 5.41) is 15.0. The van der Waals surface area contributed by atoms with E-state index in [1.54, 1.807) is 0 Å². The Morgan fingerprint density at radius 2 is 1.12 bits per heavy atom. The van der Waals surface area contributed by atoms with Gasteiger partial charge in [-0.05, 0) is 74.3 Å². The summed E-state index contributed by atoms with van der Waals surface area (Å²) in [6.45, 7) is 6.31. The van der Waals surface area contributed by atoms with E-state index in [4.69, 9.17) is 14.6 Å². The van der Waals surface area contributed by atoms with Crippen molar-refractivity contribution < 1.29 is 4.42 Å². The molecule has 0 N–H and O–H groups in total. The number of benzene rings is 6. The lowest BCUT2D eigenvalue weighted by molar-refractivity contribution is 0.670. The van der Waals surface area contributed by atoms with E-state index < -0.39 is 0 Å². The molecule has 1 aliphatic heterocycles. The van der Waals surface area contributed by atoms with Crippen LogP contribution in [0.3, 0.4) is 0 Å². The third-order valence-electron chi connectivity index (χ3n) is 9.88. The molecule has 3 aromatic heterocycles. The monoisotopic (exact) mass is 619 g/mol. The number of hydrogen-bond donors (Lipinski definition) is 0. The number of rotatable bonds is 3. The van der Waals surface area contributed by atoms with Gasteiger partial charge in [0.15, 0.2) is 0 Å². The largest absolute Gasteiger partial charge is 0.458 e. The van der Waals surface area contributed by atoms with Gasteiger partial charge in [-0.1, -0.05) is 102 Å². The maximum atomic E-state index is 6.40. The normalized spacial score (nSPS) is 12.8. The van der Waals surface area contributed by atoms with E-state index >= 15 is 0 Å². The maximum absolute atomic E-state index is 6.40. The van der Waals surface area contributed by atoms with Crippen molar-refractivity contribution in [1.82, 2.24) is 19.4 Å². The van der Waals surface area contributed by atoms with Crippen molar-refractivity contribution in [3.05, 3.63) is 144 Å². The first-order chi connectivity index (χ1) is 23.5. The van der Waals surface area contributed by atoms with Gasteiger partial charge in [-0.2, -0.15) is 10.2 Å². The highest BCUT2D eigenvalue weighted by Gasteiger charge is 2.42. The molecule has 0 unspecified atom stereocenters. The summed E-state index contributed by atoms with van der Waals surface area (Å²) in [5.41, 5.74) is 11.8. The van der Waals surface area contributed by atoms with Gasteiger partial charge in [-0.3, -0.25) is 14.1 Å². The minimum absolute atomic E-state index is 0.253. The Bertz CT molecular complexity index is 2630. The first-order valence-corrected chi connectivity index (χ1v) is 16.4. The molecule has 6 aromatic carbocycles. The molecule has 0 bridgehead atoms. The Morgan fingerprint density at radius 3 is 1.77 bits per heavy atom. The number of fused-ring (bicyclic) bond motifs is 9. The number of hydrogen-bond acceptors (Lipinski definition) is 4. The van der Waals surface area contributed by atoms with Crippen LogP contribution < -0.4 is 10.4 Å². The Morgan fingerprint density at radius 1 is 0.562 bits per heavy atom. The summed E-state index contributed by atoms with van der Waals surface area (Å²) in [6, 6.07) is 44.8. The molecule has 0 atom stereocenters. The van der Waals surface area contributed by atoms with Crippen LogP contribution in [0.1, 0.15) is 16.7 Å². The number of nitrogens with zero attached hydrogens (tertiary/aromatic N) is 5. The van der Waals surface area contributed by atoms with Crippen molar-refractivity contribution in [1.29, 1.82) is 0 Å². The van der Waals surface area contributed by atoms with E-state index in [0.717, 1.165) is 72.2 Å². The summed E-state index contributed by atoms with van der Waals surface area (Å²) in [5.74, 6) is 2.06. The molecule has 0 saturated carbocycles. The van der Waals surface area contributed by atoms with E-state index in [1.807, 2.05) is 12.1 Å². The number of aromatic nitrogens is 4. The number of furan rings is 1. The predicted octanol–water partition coefficient (Wildman–Crippen LogP) is 9.45. The third kappa shape index (κ3) is 3.75. The minimum Gasteiger partial charge on any atom is -0.455 e. The van der Waals surface area contributed by atoms with Crippen LogP contribution >= 0.6 is 0 Å². The van der Waals surface area contributed by atoms with Gasteiger partial charge in [0.1, 0.15) is 22.8 Å². The predicted molar refractivity (Wildman–Crippen MR) is 197 cm³/mol. The zero-order valence-electron chi connectivity index (χ0n) is 26.8. The smallest absolute Gasteiger partial charge is 0.455 e. The standard InChI is InChI=1S/C41H30BN5O/c1-25-23-26(2)38(27(3)24-25)42-46-40(33-12-4-7-16-35(33)43-46)45(41-34-13-5-8-17-36(34)44-47(41)42)29-21-19-28(20-22-29)30-14-10-15-32-31-11-6-9-18-37(31)48-39(30)32/h4-24H,1-3H3. The van der Waals surface area contributed by atoms with Crippen molar-refractivity contribution >= 4 is 73.5 Å². The van der Waals surface area contributed by atoms with Crippen LogP contribution in [0.25, 0.3) is 54.9 Å². The van der Waals surface area contributed by atoms with Gasteiger partial charge in [-0.15, -0.1) is 0 Å². The molecule has 0 amide bonds. The second kappa shape index (κ2) is 9.96. The molecule has 9 aromatic rings. The summed E-state index contributed by atoms with van der Waals surface area (Å²) in [7, 11) is 0. The second-order valence-corrected chi connectivity index (χ2v) is 12.9.